The van der Waals surface area contributed by atoms with E-state index in [0.717, 1.165) is 4.68 Å². The Morgan fingerprint density at radius 1 is 1.77 bits per heavy atom. The van der Waals surface area contributed by atoms with Gasteiger partial charge in [0.05, 0.1) is 0 Å². The maximum Gasteiger partial charge on any atom is 0.356 e. The summed E-state index contributed by atoms with van der Waals surface area (Å²) in [7, 11) is 0. The Morgan fingerprint density at radius 2 is 2.38 bits per heavy atom. The van der Waals surface area contributed by atoms with Crippen LogP contribution in [0, 0.1) is 3.70 Å². The number of aromatic carboxylic acids is 1. The van der Waals surface area contributed by atoms with Crippen molar-refractivity contribution in [2.24, 2.45) is 0 Å². The Balaban J connectivity index is 2.90. The maximum atomic E-state index is 11.9. The predicted molar refractivity (Wildman–Crippen MR) is 47.9 cm³/mol. The summed E-state index contributed by atoms with van der Waals surface area (Å²) in [5.74, 6) is -1.22. The lowest BCUT2D eigenvalue weighted by atomic mass is 10.5. The van der Waals surface area contributed by atoms with Crippen molar-refractivity contribution in [1.29, 1.82) is 0 Å². The van der Waals surface area contributed by atoms with Gasteiger partial charge in [-0.2, -0.15) is 5.10 Å². The molecule has 72 valence electrons. The second-order valence-corrected chi connectivity index (χ2v) is 3.34. The average Bonchev–Trinajstić information content (AvgIpc) is 2.31. The van der Waals surface area contributed by atoms with Gasteiger partial charge >= 0.3 is 5.97 Å². The van der Waals surface area contributed by atoms with Crippen LogP contribution in [0.5, 0.6) is 0 Å². The van der Waals surface area contributed by atoms with Crippen LogP contribution in [-0.2, 0) is 6.54 Å². The quantitative estimate of drug-likeness (QED) is 0.860. The summed E-state index contributed by atoms with van der Waals surface area (Å²) in [5, 5.41) is 12.0. The van der Waals surface area contributed by atoms with Crippen molar-refractivity contribution < 1.29 is 18.7 Å². The molecule has 1 aromatic rings. The number of alkyl halides is 2. The third kappa shape index (κ3) is 2.61. The third-order valence-corrected chi connectivity index (χ3v) is 2.13. The Morgan fingerprint density at radius 3 is 2.77 bits per heavy atom. The van der Waals surface area contributed by atoms with E-state index in [1.165, 1.54) is 6.07 Å². The minimum Gasteiger partial charge on any atom is -0.476 e. The summed E-state index contributed by atoms with van der Waals surface area (Å²) in [4.78, 5) is 10.4. The molecule has 7 heteroatoms. The Labute approximate surface area is 85.7 Å². The molecule has 4 nitrogen and oxygen atoms in total. The standard InChI is InChI=1S/C6H5F2IN2O2/c7-4(8)2-11-5(9)1-3(10-11)6(12)13/h1,4H,2H2,(H,12,13). The fourth-order valence-corrected chi connectivity index (χ4v) is 1.36. The first-order chi connectivity index (χ1) is 6.00. The molecular weight excluding hydrogens is 297 g/mol. The number of carbonyl (C=O) groups is 1. The number of halogens is 3. The molecule has 0 atom stereocenters. The molecule has 1 rings (SSSR count). The van der Waals surface area contributed by atoms with Gasteiger partial charge < -0.3 is 5.11 Å². The Kier molecular flexibility index (Phi) is 3.17. The molecule has 0 aliphatic carbocycles. The Hall–Kier alpha value is -0.730. The largest absolute Gasteiger partial charge is 0.476 e. The van der Waals surface area contributed by atoms with Gasteiger partial charge in [0, 0.05) is 6.07 Å². The number of hydrogen-bond donors (Lipinski definition) is 1. The summed E-state index contributed by atoms with van der Waals surface area (Å²) < 4.78 is 25.2. The summed E-state index contributed by atoms with van der Waals surface area (Å²) in [5.41, 5.74) is -0.218. The van der Waals surface area contributed by atoms with E-state index in [1.54, 1.807) is 22.6 Å². The highest BCUT2D eigenvalue weighted by atomic mass is 127. The summed E-state index contributed by atoms with van der Waals surface area (Å²) in [6, 6.07) is 1.24. The molecule has 0 aliphatic heterocycles. The second-order valence-electron chi connectivity index (χ2n) is 2.23. The number of hydrogen-bond acceptors (Lipinski definition) is 2. The number of rotatable bonds is 3. The smallest absolute Gasteiger partial charge is 0.356 e. The van der Waals surface area contributed by atoms with Crippen molar-refractivity contribution in [2.45, 2.75) is 13.0 Å². The third-order valence-electron chi connectivity index (χ3n) is 1.26. The van der Waals surface area contributed by atoms with Crippen molar-refractivity contribution in [2.75, 3.05) is 0 Å². The van der Waals surface area contributed by atoms with Gasteiger partial charge in [0.2, 0.25) is 0 Å². The molecule has 0 amide bonds. The Bertz CT molecular complexity index is 326. The molecule has 1 N–H and O–H groups in total. The highest BCUT2D eigenvalue weighted by molar-refractivity contribution is 14.1. The fourth-order valence-electron chi connectivity index (χ4n) is 0.757. The van der Waals surface area contributed by atoms with Crippen molar-refractivity contribution in [3.05, 3.63) is 15.5 Å². The normalized spacial score (nSPS) is 10.8. The van der Waals surface area contributed by atoms with Crippen LogP contribution in [0.4, 0.5) is 8.78 Å². The van der Waals surface area contributed by atoms with E-state index < -0.39 is 18.9 Å². The maximum absolute atomic E-state index is 11.9. The topological polar surface area (TPSA) is 55.1 Å². The van der Waals surface area contributed by atoms with E-state index in [4.69, 9.17) is 5.11 Å². The highest BCUT2D eigenvalue weighted by Crippen LogP contribution is 2.09. The van der Waals surface area contributed by atoms with Crippen LogP contribution < -0.4 is 0 Å². The first-order valence-corrected chi connectivity index (χ1v) is 4.33. The van der Waals surface area contributed by atoms with Gasteiger partial charge in [-0.1, -0.05) is 0 Å². The van der Waals surface area contributed by atoms with Crippen LogP contribution in [-0.4, -0.2) is 27.3 Å². The molecule has 0 radical (unpaired) electrons. The lowest BCUT2D eigenvalue weighted by Crippen LogP contribution is -2.10. The molecule has 0 aliphatic rings. The molecular formula is C6H5F2IN2O2. The molecule has 0 fully saturated rings. The van der Waals surface area contributed by atoms with Crippen molar-refractivity contribution in [1.82, 2.24) is 9.78 Å². The van der Waals surface area contributed by atoms with Gasteiger partial charge in [0.15, 0.2) is 5.69 Å². The van der Waals surface area contributed by atoms with Crippen LogP contribution in [0.2, 0.25) is 0 Å². The zero-order chi connectivity index (χ0) is 10.0. The van der Waals surface area contributed by atoms with Gasteiger partial charge in [-0.15, -0.1) is 0 Å². The first kappa shape index (κ1) is 10.4. The molecule has 0 saturated carbocycles. The van der Waals surface area contributed by atoms with Crippen molar-refractivity contribution in [3.8, 4) is 0 Å². The molecule has 13 heavy (non-hydrogen) atoms. The summed E-state index contributed by atoms with van der Waals surface area (Å²) in [6.45, 7) is -0.578. The predicted octanol–water partition coefficient (Wildman–Crippen LogP) is 1.45. The monoisotopic (exact) mass is 302 g/mol. The van der Waals surface area contributed by atoms with E-state index >= 15 is 0 Å². The van der Waals surface area contributed by atoms with Crippen LogP contribution in [0.15, 0.2) is 6.07 Å². The lowest BCUT2D eigenvalue weighted by Gasteiger charge is -2.00. The number of nitrogens with zero attached hydrogens (tertiary/aromatic N) is 2. The molecule has 1 heterocycles. The van der Waals surface area contributed by atoms with E-state index in [0.29, 0.717) is 3.70 Å². The molecule has 0 aromatic carbocycles. The average molecular weight is 302 g/mol. The highest BCUT2D eigenvalue weighted by Gasteiger charge is 2.13. The van der Waals surface area contributed by atoms with Crippen LogP contribution >= 0.6 is 22.6 Å². The van der Waals surface area contributed by atoms with E-state index in [1.807, 2.05) is 0 Å². The summed E-state index contributed by atoms with van der Waals surface area (Å²) in [6.07, 6.45) is -2.53. The van der Waals surface area contributed by atoms with Gasteiger partial charge in [0.1, 0.15) is 10.2 Å². The minimum atomic E-state index is -2.53. The zero-order valence-electron chi connectivity index (χ0n) is 6.25. The van der Waals surface area contributed by atoms with Crippen LogP contribution in [0.3, 0.4) is 0 Å². The van der Waals surface area contributed by atoms with Gasteiger partial charge in [-0.25, -0.2) is 13.6 Å². The molecule has 0 spiro atoms. The van der Waals surface area contributed by atoms with Crippen molar-refractivity contribution >= 4 is 28.6 Å². The minimum absolute atomic E-state index is 0.218. The molecule has 0 bridgehead atoms. The molecule has 1 aromatic heterocycles. The number of carboxylic acids is 1. The molecule has 0 unspecified atom stereocenters. The SMILES string of the molecule is O=C(O)c1cc(I)n(CC(F)F)n1. The van der Waals surface area contributed by atoms with Gasteiger partial charge in [0.25, 0.3) is 6.43 Å². The van der Waals surface area contributed by atoms with Crippen LogP contribution in [0.25, 0.3) is 0 Å². The van der Waals surface area contributed by atoms with Crippen molar-refractivity contribution in [3.63, 3.8) is 0 Å². The number of aromatic nitrogens is 2. The molecule has 0 saturated heterocycles. The zero-order valence-corrected chi connectivity index (χ0v) is 8.40. The van der Waals surface area contributed by atoms with E-state index in [9.17, 15) is 13.6 Å². The van der Waals surface area contributed by atoms with Gasteiger partial charge in [-0.05, 0) is 22.6 Å². The lowest BCUT2D eigenvalue weighted by molar-refractivity contribution is 0.0686. The summed E-state index contributed by atoms with van der Waals surface area (Å²) >= 11 is 1.75. The van der Waals surface area contributed by atoms with Gasteiger partial charge in [-0.3, -0.25) is 4.68 Å². The van der Waals surface area contributed by atoms with Crippen LogP contribution in [0.1, 0.15) is 10.5 Å². The number of carboxylic acid groups (broad SMARTS) is 1. The van der Waals surface area contributed by atoms with E-state index in [-0.39, 0.29) is 5.69 Å². The second kappa shape index (κ2) is 3.99. The fraction of sp³-hybridized carbons (Fsp3) is 0.333. The first-order valence-electron chi connectivity index (χ1n) is 3.25. The van der Waals surface area contributed by atoms with E-state index in [2.05, 4.69) is 5.10 Å².